The molecule has 0 amide bonds. The van der Waals surface area contributed by atoms with E-state index >= 15 is 0 Å². The molecule has 4 nitrogen and oxygen atoms in total. The molecule has 0 aromatic rings. The van der Waals surface area contributed by atoms with Crippen LogP contribution in [0.25, 0.3) is 0 Å². The minimum atomic E-state index is -0.962. The molecule has 0 aromatic carbocycles. The Balaban J connectivity index is -0.00000189. The lowest BCUT2D eigenvalue weighted by atomic mass is 9.99. The van der Waals surface area contributed by atoms with Crippen LogP contribution in [0, 0.1) is 5.92 Å². The van der Waals surface area contributed by atoms with Gasteiger partial charge in [-0.05, 0) is 55.8 Å². The van der Waals surface area contributed by atoms with E-state index in [1.54, 1.807) is 6.08 Å². The van der Waals surface area contributed by atoms with Crippen molar-refractivity contribution in [1.29, 1.82) is 0 Å². The van der Waals surface area contributed by atoms with E-state index in [-0.39, 0.29) is 6.10 Å². The number of hydrogen-bond donors (Lipinski definition) is 3. The average molecular weight is 556 g/mol. The van der Waals surface area contributed by atoms with Gasteiger partial charge in [0.05, 0.1) is 12.2 Å². The first-order chi connectivity index (χ1) is 16.7. The summed E-state index contributed by atoms with van der Waals surface area (Å²) in [7, 11) is 0. The maximum Gasteiger partial charge on any atom is 0.328 e. The molecular weight excluding hydrogens is 504 g/mol. The quantitative estimate of drug-likeness (QED) is 0.107. The molecule has 0 aliphatic carbocycles. The van der Waals surface area contributed by atoms with Gasteiger partial charge in [0.2, 0.25) is 0 Å². The summed E-state index contributed by atoms with van der Waals surface area (Å²) in [6.45, 7) is 14.4. The fourth-order valence-electron chi connectivity index (χ4n) is 2.60. The molecule has 0 saturated heterocycles. The maximum atomic E-state index is 10.4. The van der Waals surface area contributed by atoms with E-state index in [0.717, 1.165) is 41.8 Å². The van der Waals surface area contributed by atoms with Gasteiger partial charge in [-0.3, -0.25) is 0 Å². The van der Waals surface area contributed by atoms with Gasteiger partial charge in [0, 0.05) is 6.08 Å². The first-order valence-corrected chi connectivity index (χ1v) is 13.8. The number of aliphatic hydroxyl groups excluding tert-OH is 2. The van der Waals surface area contributed by atoms with Crippen LogP contribution >= 0.6 is 15.9 Å². The van der Waals surface area contributed by atoms with Crippen LogP contribution in [-0.2, 0) is 4.79 Å². The van der Waals surface area contributed by atoms with Gasteiger partial charge >= 0.3 is 5.97 Å². The van der Waals surface area contributed by atoms with Gasteiger partial charge < -0.3 is 15.3 Å². The predicted molar refractivity (Wildman–Crippen MR) is 157 cm³/mol. The Morgan fingerprint density at radius 1 is 0.886 bits per heavy atom. The van der Waals surface area contributed by atoms with Crippen LogP contribution < -0.4 is 0 Å². The van der Waals surface area contributed by atoms with Gasteiger partial charge in [-0.15, -0.1) is 0 Å². The zero-order valence-corrected chi connectivity index (χ0v) is 24.7. The third-order valence-electron chi connectivity index (χ3n) is 4.47. The van der Waals surface area contributed by atoms with Crippen molar-refractivity contribution in [1.82, 2.24) is 0 Å². The third kappa shape index (κ3) is 30.3. The maximum absolute atomic E-state index is 10.4. The lowest BCUT2D eigenvalue weighted by Gasteiger charge is -2.15. The van der Waals surface area contributed by atoms with Crippen molar-refractivity contribution in [3.63, 3.8) is 0 Å². The van der Waals surface area contributed by atoms with Crippen LogP contribution in [0.1, 0.15) is 93.4 Å². The number of hydrogen-bond acceptors (Lipinski definition) is 3. The van der Waals surface area contributed by atoms with E-state index in [0.29, 0.717) is 18.8 Å². The van der Waals surface area contributed by atoms with E-state index in [4.69, 9.17) is 5.11 Å². The van der Waals surface area contributed by atoms with Gasteiger partial charge in [0.25, 0.3) is 0 Å². The van der Waals surface area contributed by atoms with Crippen molar-refractivity contribution < 1.29 is 20.1 Å². The van der Waals surface area contributed by atoms with Gasteiger partial charge in [0.1, 0.15) is 0 Å². The lowest BCUT2D eigenvalue weighted by Crippen LogP contribution is -2.10. The van der Waals surface area contributed by atoms with Crippen LogP contribution in [0.5, 0.6) is 0 Å². The van der Waals surface area contributed by atoms with Crippen molar-refractivity contribution in [2.24, 2.45) is 5.92 Å². The first-order valence-electron chi connectivity index (χ1n) is 13.0. The van der Waals surface area contributed by atoms with E-state index < -0.39 is 12.1 Å². The van der Waals surface area contributed by atoms with Crippen LogP contribution in [-0.4, -0.2) is 33.5 Å². The first kappa shape index (κ1) is 37.9. The molecule has 202 valence electrons. The van der Waals surface area contributed by atoms with Gasteiger partial charge in [-0.2, -0.15) is 0 Å². The molecule has 0 saturated carbocycles. The standard InChI is InChI=1S/C25H37BrO4.C3H8.C2H6/c1-4-5-13-22(27)14-10-15-23(28)19-18-21(3)24(26)16-8-6-11-20(2)12-7-9-17-25(29)30;1-3-2;1-2/h5-9,11-13,16-17,21-23,27-28H,4,10,14-15,18-19H2,1-3H3,(H,29,30);3H2,1-2H3;1-2H3/b8-6+,12-7+,13-5+,17-9+,20-11+,24-16-;;. The highest BCUT2D eigenvalue weighted by atomic mass is 79.9. The van der Waals surface area contributed by atoms with Crippen molar-refractivity contribution >= 4 is 21.9 Å². The number of halogens is 1. The summed E-state index contributed by atoms with van der Waals surface area (Å²) in [6.07, 6.45) is 23.0. The SMILES string of the molecule is CC.CC/C=C/C(O)CCCC(O)CCC(C)/C(Br)=C/C=C/C=C(C)/C=C/C=C/C(=O)O.CCC. The molecule has 0 aromatic heterocycles. The minimum absolute atomic E-state index is 0.313. The van der Waals surface area contributed by atoms with Crippen molar-refractivity contribution in [3.05, 3.63) is 70.8 Å². The normalized spacial score (nSPS) is 15.1. The molecule has 0 rings (SSSR count). The fraction of sp³-hybridized carbons (Fsp3) is 0.567. The summed E-state index contributed by atoms with van der Waals surface area (Å²) >= 11 is 3.61. The molecule has 0 heterocycles. The number of aliphatic hydroxyl groups is 2. The number of carboxylic acids is 1. The van der Waals surface area contributed by atoms with Crippen LogP contribution in [0.4, 0.5) is 0 Å². The Hall–Kier alpha value is -1.69. The van der Waals surface area contributed by atoms with Gasteiger partial charge in [-0.1, -0.05) is 124 Å². The summed E-state index contributed by atoms with van der Waals surface area (Å²) in [4.78, 5) is 10.4. The van der Waals surface area contributed by atoms with E-state index in [1.807, 2.05) is 70.2 Å². The van der Waals surface area contributed by atoms with E-state index in [1.165, 1.54) is 12.5 Å². The Morgan fingerprint density at radius 3 is 2.03 bits per heavy atom. The van der Waals surface area contributed by atoms with Crippen LogP contribution in [0.2, 0.25) is 0 Å². The second kappa shape index (κ2) is 28.5. The summed E-state index contributed by atoms with van der Waals surface area (Å²) in [5.74, 6) is -0.648. The molecule has 0 aliphatic heterocycles. The van der Waals surface area contributed by atoms with Gasteiger partial charge in [0.15, 0.2) is 0 Å². The molecular formula is C30H51BrO4. The Kier molecular flexibility index (Phi) is 30.9. The predicted octanol–water partition coefficient (Wildman–Crippen LogP) is 8.68. The molecule has 0 radical (unpaired) electrons. The topological polar surface area (TPSA) is 77.8 Å². The Bertz CT molecular complexity index is 672. The second-order valence-corrected chi connectivity index (χ2v) is 8.99. The largest absolute Gasteiger partial charge is 0.478 e. The summed E-state index contributed by atoms with van der Waals surface area (Å²) in [5.41, 5.74) is 1.01. The molecule has 5 heteroatoms. The summed E-state index contributed by atoms with van der Waals surface area (Å²) < 4.78 is 1.08. The molecule has 0 aliphatic rings. The number of aliphatic carboxylic acids is 1. The monoisotopic (exact) mass is 554 g/mol. The molecule has 3 unspecified atom stereocenters. The highest BCUT2D eigenvalue weighted by Gasteiger charge is 2.10. The van der Waals surface area contributed by atoms with Crippen molar-refractivity contribution in [3.8, 4) is 0 Å². The highest BCUT2D eigenvalue weighted by molar-refractivity contribution is 9.11. The van der Waals surface area contributed by atoms with E-state index in [2.05, 4.69) is 36.7 Å². The highest BCUT2D eigenvalue weighted by Crippen LogP contribution is 2.24. The zero-order chi connectivity index (χ0) is 27.5. The molecule has 0 bridgehead atoms. The molecule has 35 heavy (non-hydrogen) atoms. The Labute approximate surface area is 224 Å². The van der Waals surface area contributed by atoms with Crippen molar-refractivity contribution in [2.75, 3.05) is 0 Å². The number of rotatable bonds is 15. The summed E-state index contributed by atoms with van der Waals surface area (Å²) in [5, 5.41) is 28.5. The number of carboxylic acid groups (broad SMARTS) is 1. The van der Waals surface area contributed by atoms with E-state index in [9.17, 15) is 15.0 Å². The molecule has 3 N–H and O–H groups in total. The molecule has 0 spiro atoms. The fourth-order valence-corrected chi connectivity index (χ4v) is 2.98. The number of carbonyl (C=O) groups is 1. The van der Waals surface area contributed by atoms with Gasteiger partial charge in [-0.25, -0.2) is 4.79 Å². The van der Waals surface area contributed by atoms with Crippen molar-refractivity contribution in [2.45, 2.75) is 106 Å². The van der Waals surface area contributed by atoms with Crippen LogP contribution in [0.3, 0.4) is 0 Å². The minimum Gasteiger partial charge on any atom is -0.478 e. The van der Waals surface area contributed by atoms with Crippen LogP contribution in [0.15, 0.2) is 70.8 Å². The zero-order valence-electron chi connectivity index (χ0n) is 23.1. The smallest absolute Gasteiger partial charge is 0.328 e. The summed E-state index contributed by atoms with van der Waals surface area (Å²) in [6, 6.07) is 0. The lowest BCUT2D eigenvalue weighted by molar-refractivity contribution is -0.131. The molecule has 3 atom stereocenters. The average Bonchev–Trinajstić information content (AvgIpc) is 2.83. The second-order valence-electron chi connectivity index (χ2n) is 8.08. The Morgan fingerprint density at radius 2 is 1.46 bits per heavy atom. The number of allylic oxidation sites excluding steroid dienone is 10. The molecule has 0 fully saturated rings. The third-order valence-corrected chi connectivity index (χ3v) is 5.52.